The van der Waals surface area contributed by atoms with Gasteiger partial charge in [0.1, 0.15) is 0 Å². The number of halogens is 3. The molecule has 0 aromatic heterocycles. The van der Waals surface area contributed by atoms with Crippen molar-refractivity contribution in [1.82, 2.24) is 15.5 Å². The molecule has 1 rings (SSSR count). The molecule has 0 aliphatic heterocycles. The van der Waals surface area contributed by atoms with Crippen LogP contribution in [0, 0.1) is 0 Å². The Bertz CT molecular complexity index is 617. The lowest BCUT2D eigenvalue weighted by atomic mass is 10.1. The number of guanidine groups is 1. The second-order valence-corrected chi connectivity index (χ2v) is 6.73. The molecule has 0 bridgehead atoms. The van der Waals surface area contributed by atoms with Crippen LogP contribution in [0.5, 0.6) is 11.5 Å². The molecule has 174 valence electrons. The second-order valence-electron chi connectivity index (χ2n) is 6.73. The minimum atomic E-state index is -2.88. The van der Waals surface area contributed by atoms with Gasteiger partial charge in [-0.1, -0.05) is 19.9 Å². The summed E-state index contributed by atoms with van der Waals surface area (Å²) in [7, 11) is 1.73. The Balaban J connectivity index is 0.00000841. The molecule has 0 saturated heterocycles. The third-order valence-electron chi connectivity index (χ3n) is 4.60. The summed E-state index contributed by atoms with van der Waals surface area (Å²) in [6.07, 6.45) is 2.17. The fourth-order valence-corrected chi connectivity index (χ4v) is 2.97. The number of nitrogens with one attached hydrogen (secondary N) is 2. The fraction of sp³-hybridized carbons (Fsp3) is 0.667. The summed E-state index contributed by atoms with van der Waals surface area (Å²) in [4.78, 5) is 6.68. The van der Waals surface area contributed by atoms with E-state index in [0.717, 1.165) is 38.0 Å². The number of hydrogen-bond acceptors (Lipinski definition) is 4. The SMILES string of the molecule is CCOc1cc(CNC(=NC)NC(C)CCCN(CC)CC)ccc1OC(F)F.I. The van der Waals surface area contributed by atoms with E-state index in [1.54, 1.807) is 26.1 Å². The van der Waals surface area contributed by atoms with Crippen molar-refractivity contribution in [3.63, 3.8) is 0 Å². The fourth-order valence-electron chi connectivity index (χ4n) is 2.97. The van der Waals surface area contributed by atoms with Crippen LogP contribution in [0.1, 0.15) is 46.1 Å². The van der Waals surface area contributed by atoms with Crippen molar-refractivity contribution >= 4 is 29.9 Å². The third kappa shape index (κ3) is 11.1. The minimum Gasteiger partial charge on any atom is -0.490 e. The summed E-state index contributed by atoms with van der Waals surface area (Å²) < 4.78 is 35.0. The van der Waals surface area contributed by atoms with Crippen LogP contribution in [0.3, 0.4) is 0 Å². The van der Waals surface area contributed by atoms with Crippen molar-refractivity contribution in [3.8, 4) is 11.5 Å². The molecule has 1 aromatic carbocycles. The van der Waals surface area contributed by atoms with Gasteiger partial charge in [-0.25, -0.2) is 0 Å². The molecule has 0 fully saturated rings. The highest BCUT2D eigenvalue weighted by Gasteiger charge is 2.12. The van der Waals surface area contributed by atoms with Gasteiger partial charge < -0.3 is 25.0 Å². The quantitative estimate of drug-likeness (QED) is 0.219. The first-order valence-corrected chi connectivity index (χ1v) is 10.3. The summed E-state index contributed by atoms with van der Waals surface area (Å²) in [6.45, 7) is 9.51. The van der Waals surface area contributed by atoms with Crippen LogP contribution < -0.4 is 20.1 Å². The number of hydrogen-bond donors (Lipinski definition) is 2. The summed E-state index contributed by atoms with van der Waals surface area (Å²) in [5.41, 5.74) is 0.882. The summed E-state index contributed by atoms with van der Waals surface area (Å²) >= 11 is 0. The predicted molar refractivity (Wildman–Crippen MR) is 129 cm³/mol. The highest BCUT2D eigenvalue weighted by molar-refractivity contribution is 14.0. The van der Waals surface area contributed by atoms with E-state index < -0.39 is 6.61 Å². The molecule has 2 N–H and O–H groups in total. The van der Waals surface area contributed by atoms with Gasteiger partial charge in [-0.3, -0.25) is 4.99 Å². The van der Waals surface area contributed by atoms with Gasteiger partial charge in [0.05, 0.1) is 6.61 Å². The third-order valence-corrected chi connectivity index (χ3v) is 4.60. The van der Waals surface area contributed by atoms with E-state index in [1.165, 1.54) is 6.07 Å². The van der Waals surface area contributed by atoms with E-state index >= 15 is 0 Å². The van der Waals surface area contributed by atoms with Gasteiger partial charge in [-0.05, 0) is 64.0 Å². The minimum absolute atomic E-state index is 0. The van der Waals surface area contributed by atoms with Gasteiger partial charge in [-0.2, -0.15) is 8.78 Å². The molecule has 0 amide bonds. The Kier molecular flexibility index (Phi) is 15.6. The maximum atomic E-state index is 12.5. The molecule has 0 spiro atoms. The lowest BCUT2D eigenvalue weighted by Crippen LogP contribution is -2.42. The number of aliphatic imine (C=N–C) groups is 1. The van der Waals surface area contributed by atoms with Crippen molar-refractivity contribution < 1.29 is 18.3 Å². The summed E-state index contributed by atoms with van der Waals surface area (Å²) in [6, 6.07) is 5.22. The molecule has 6 nitrogen and oxygen atoms in total. The van der Waals surface area contributed by atoms with Crippen LogP contribution in [0.2, 0.25) is 0 Å². The summed E-state index contributed by atoms with van der Waals surface area (Å²) in [5, 5.41) is 6.64. The maximum Gasteiger partial charge on any atom is 0.387 e. The van der Waals surface area contributed by atoms with Crippen LogP contribution in [0.4, 0.5) is 8.78 Å². The van der Waals surface area contributed by atoms with Gasteiger partial charge in [0.2, 0.25) is 0 Å². The molecule has 0 radical (unpaired) electrons. The molecule has 0 aliphatic carbocycles. The Morgan fingerprint density at radius 1 is 1.17 bits per heavy atom. The van der Waals surface area contributed by atoms with E-state index in [-0.39, 0.29) is 35.8 Å². The highest BCUT2D eigenvalue weighted by Crippen LogP contribution is 2.29. The molecular weight excluding hydrogens is 505 g/mol. The normalized spacial score (nSPS) is 12.5. The first kappa shape index (κ1) is 28.6. The predicted octanol–water partition coefficient (Wildman–Crippen LogP) is 4.48. The maximum absolute atomic E-state index is 12.5. The van der Waals surface area contributed by atoms with Crippen LogP contribution in [0.15, 0.2) is 23.2 Å². The van der Waals surface area contributed by atoms with Crippen LogP contribution >= 0.6 is 24.0 Å². The lowest BCUT2D eigenvalue weighted by Gasteiger charge is -2.21. The van der Waals surface area contributed by atoms with E-state index in [2.05, 4.69) is 46.0 Å². The van der Waals surface area contributed by atoms with E-state index in [0.29, 0.717) is 24.9 Å². The first-order chi connectivity index (χ1) is 13.9. The second kappa shape index (κ2) is 16.3. The number of benzene rings is 1. The monoisotopic (exact) mass is 542 g/mol. The highest BCUT2D eigenvalue weighted by atomic mass is 127. The molecule has 1 unspecified atom stereocenters. The Morgan fingerprint density at radius 3 is 2.43 bits per heavy atom. The van der Waals surface area contributed by atoms with Crippen LogP contribution in [-0.2, 0) is 6.54 Å². The summed E-state index contributed by atoms with van der Waals surface area (Å²) in [5.74, 6) is 1.04. The molecular formula is C21H37F2IN4O2. The average molecular weight is 542 g/mol. The molecule has 1 atom stereocenters. The van der Waals surface area contributed by atoms with Crippen LogP contribution in [0.25, 0.3) is 0 Å². The van der Waals surface area contributed by atoms with Crippen molar-refractivity contribution in [3.05, 3.63) is 23.8 Å². The van der Waals surface area contributed by atoms with Crippen molar-refractivity contribution in [2.24, 2.45) is 4.99 Å². The zero-order chi connectivity index (χ0) is 21.6. The average Bonchev–Trinajstić information content (AvgIpc) is 2.70. The Labute approximate surface area is 196 Å². The van der Waals surface area contributed by atoms with E-state index in [4.69, 9.17) is 4.74 Å². The van der Waals surface area contributed by atoms with Gasteiger partial charge >= 0.3 is 6.61 Å². The van der Waals surface area contributed by atoms with Gasteiger partial charge in [-0.15, -0.1) is 24.0 Å². The lowest BCUT2D eigenvalue weighted by molar-refractivity contribution is -0.0514. The Morgan fingerprint density at radius 2 is 1.87 bits per heavy atom. The van der Waals surface area contributed by atoms with Crippen molar-refractivity contribution in [2.45, 2.75) is 59.7 Å². The zero-order valence-electron chi connectivity index (χ0n) is 18.7. The van der Waals surface area contributed by atoms with Gasteiger partial charge in [0, 0.05) is 19.6 Å². The zero-order valence-corrected chi connectivity index (χ0v) is 21.0. The van der Waals surface area contributed by atoms with Crippen LogP contribution in [-0.4, -0.2) is 56.8 Å². The molecule has 0 heterocycles. The van der Waals surface area contributed by atoms with Gasteiger partial charge in [0.25, 0.3) is 0 Å². The molecule has 9 heteroatoms. The standard InChI is InChI=1S/C21H36F2N4O2.HI/c1-6-27(7-2)13-9-10-16(4)26-21(24-5)25-15-17-11-12-18(29-20(22)23)19(14-17)28-8-3;/h11-12,14,16,20H,6-10,13,15H2,1-5H3,(H2,24,25,26);1H. The first-order valence-electron chi connectivity index (χ1n) is 10.3. The molecule has 30 heavy (non-hydrogen) atoms. The van der Waals surface area contributed by atoms with Crippen molar-refractivity contribution in [1.29, 1.82) is 0 Å². The molecule has 0 saturated carbocycles. The van der Waals surface area contributed by atoms with E-state index in [1.807, 2.05) is 0 Å². The topological polar surface area (TPSA) is 58.1 Å². The van der Waals surface area contributed by atoms with E-state index in [9.17, 15) is 8.78 Å². The molecule has 1 aromatic rings. The smallest absolute Gasteiger partial charge is 0.387 e. The number of ether oxygens (including phenoxy) is 2. The Hall–Kier alpha value is -1.36. The largest absolute Gasteiger partial charge is 0.490 e. The number of rotatable bonds is 13. The van der Waals surface area contributed by atoms with Crippen molar-refractivity contribution in [2.75, 3.05) is 33.3 Å². The van der Waals surface area contributed by atoms with Gasteiger partial charge in [0.15, 0.2) is 17.5 Å². The molecule has 0 aliphatic rings. The number of alkyl halides is 2. The number of nitrogens with zero attached hydrogens (tertiary/aromatic N) is 2.